The monoisotopic (exact) mass is 428 g/mol. The number of nitrogens with zero attached hydrogens (tertiary/aromatic N) is 1. The first kappa shape index (κ1) is 19.9. The number of aromatic amines is 3. The molecule has 0 unspecified atom stereocenters. The third-order valence-corrected chi connectivity index (χ3v) is 4.48. The van der Waals surface area contributed by atoms with Gasteiger partial charge in [0.05, 0.1) is 34.0 Å². The second kappa shape index (κ2) is 7.82. The highest BCUT2D eigenvalue weighted by Crippen LogP contribution is 2.20. The van der Waals surface area contributed by atoms with Crippen LogP contribution in [0.2, 0.25) is 0 Å². The second-order valence-corrected chi connectivity index (χ2v) is 6.52. The van der Waals surface area contributed by atoms with E-state index in [-0.39, 0.29) is 33.1 Å². The third-order valence-electron chi connectivity index (χ3n) is 4.48. The van der Waals surface area contributed by atoms with Gasteiger partial charge in [0.2, 0.25) is 5.91 Å². The average Bonchev–Trinajstić information content (AvgIpc) is 3.18. The summed E-state index contributed by atoms with van der Waals surface area (Å²) in [5, 5.41) is 9.36. The van der Waals surface area contributed by atoms with Crippen molar-refractivity contribution in [1.82, 2.24) is 25.5 Å². The maximum Gasteiger partial charge on any atom is 0.295 e. The summed E-state index contributed by atoms with van der Waals surface area (Å²) in [5.74, 6) is -1.75. The molecule has 2 heterocycles. The van der Waals surface area contributed by atoms with Crippen molar-refractivity contribution in [3.8, 4) is 0 Å². The number of nitrogens with one attached hydrogen (secondary N) is 5. The Morgan fingerprint density at radius 3 is 2.61 bits per heavy atom. The molecular weight excluding hydrogens is 414 g/mol. The Morgan fingerprint density at radius 1 is 1.06 bits per heavy atom. The summed E-state index contributed by atoms with van der Waals surface area (Å²) < 4.78 is 25.5. The average molecular weight is 428 g/mol. The lowest BCUT2D eigenvalue weighted by molar-refractivity contribution is -0.115. The molecule has 0 aliphatic carbocycles. The SMILES string of the molecule is O=C(CNC(=O)c1ccc2nc(C(F)F)[nH]c2c1)Nc1cccc2c(=O)[nH][nH]c(=O)c12. The van der Waals surface area contributed by atoms with Crippen molar-refractivity contribution in [2.75, 3.05) is 11.9 Å². The van der Waals surface area contributed by atoms with Crippen LogP contribution in [-0.2, 0) is 4.79 Å². The van der Waals surface area contributed by atoms with E-state index in [1.807, 2.05) is 0 Å². The lowest BCUT2D eigenvalue weighted by atomic mass is 10.1. The van der Waals surface area contributed by atoms with Gasteiger partial charge in [-0.05, 0) is 30.3 Å². The van der Waals surface area contributed by atoms with Gasteiger partial charge >= 0.3 is 0 Å². The maximum absolute atomic E-state index is 12.7. The van der Waals surface area contributed by atoms with Crippen LogP contribution in [0.25, 0.3) is 21.8 Å². The van der Waals surface area contributed by atoms with Gasteiger partial charge in [-0.2, -0.15) is 0 Å². The first-order chi connectivity index (χ1) is 14.8. The number of hydrogen-bond acceptors (Lipinski definition) is 5. The molecule has 0 bridgehead atoms. The summed E-state index contributed by atoms with van der Waals surface area (Å²) in [6.07, 6.45) is -2.77. The van der Waals surface area contributed by atoms with Gasteiger partial charge in [0.25, 0.3) is 23.5 Å². The summed E-state index contributed by atoms with van der Waals surface area (Å²) in [5.41, 5.74) is -0.331. The highest BCUT2D eigenvalue weighted by Gasteiger charge is 2.15. The zero-order chi connectivity index (χ0) is 22.1. The van der Waals surface area contributed by atoms with Crippen molar-refractivity contribution in [3.63, 3.8) is 0 Å². The molecule has 0 aliphatic rings. The number of halogens is 2. The number of anilines is 1. The minimum Gasteiger partial charge on any atom is -0.343 e. The van der Waals surface area contributed by atoms with Crippen LogP contribution >= 0.6 is 0 Å². The summed E-state index contributed by atoms with van der Waals surface area (Å²) in [6.45, 7) is -0.431. The number of benzene rings is 2. The molecule has 0 spiro atoms. The number of fused-ring (bicyclic) bond motifs is 2. The summed E-state index contributed by atoms with van der Waals surface area (Å²) in [4.78, 5) is 54.6. The number of hydrogen-bond donors (Lipinski definition) is 5. The first-order valence-electron chi connectivity index (χ1n) is 8.93. The lowest BCUT2D eigenvalue weighted by Crippen LogP contribution is -2.33. The van der Waals surface area contributed by atoms with Crippen LogP contribution in [0.3, 0.4) is 0 Å². The summed E-state index contributed by atoms with van der Waals surface area (Å²) >= 11 is 0. The molecule has 4 aromatic rings. The lowest BCUT2D eigenvalue weighted by Gasteiger charge is -2.09. The molecule has 158 valence electrons. The van der Waals surface area contributed by atoms with E-state index >= 15 is 0 Å². The van der Waals surface area contributed by atoms with Crippen LogP contribution in [0.1, 0.15) is 22.6 Å². The second-order valence-electron chi connectivity index (χ2n) is 6.52. The van der Waals surface area contributed by atoms with Crippen molar-refractivity contribution in [2.45, 2.75) is 6.43 Å². The molecule has 0 fully saturated rings. The maximum atomic E-state index is 12.7. The number of carbonyl (C=O) groups is 2. The van der Waals surface area contributed by atoms with Crippen molar-refractivity contribution in [3.05, 3.63) is 68.5 Å². The molecule has 0 saturated carbocycles. The number of carbonyl (C=O) groups excluding carboxylic acids is 2. The molecule has 0 radical (unpaired) electrons. The number of H-pyrrole nitrogens is 3. The Labute approximate surface area is 170 Å². The molecule has 10 nitrogen and oxygen atoms in total. The molecule has 2 amide bonds. The molecule has 0 atom stereocenters. The van der Waals surface area contributed by atoms with E-state index in [1.54, 1.807) is 0 Å². The quantitative estimate of drug-likeness (QED) is 0.325. The van der Waals surface area contributed by atoms with Gasteiger partial charge in [0.15, 0.2) is 5.82 Å². The topological polar surface area (TPSA) is 153 Å². The highest BCUT2D eigenvalue weighted by molar-refractivity contribution is 6.04. The molecule has 0 aliphatic heterocycles. The standard InChI is InChI=1S/C19H14F2N6O4/c20-15(21)16-24-10-5-4-8(6-12(10)25-16)17(29)22-7-13(28)23-11-3-1-2-9-14(11)19(31)27-26-18(9)30/h1-6,15H,7H2,(H,22,29)(H,23,28)(H,24,25)(H,26,30)(H,27,31). The molecule has 0 saturated heterocycles. The predicted molar refractivity (Wildman–Crippen MR) is 107 cm³/mol. The van der Waals surface area contributed by atoms with E-state index in [1.165, 1.54) is 36.4 Å². The van der Waals surface area contributed by atoms with Gasteiger partial charge in [0.1, 0.15) is 0 Å². The van der Waals surface area contributed by atoms with Crippen LogP contribution in [0, 0.1) is 0 Å². The molecule has 12 heteroatoms. The number of alkyl halides is 2. The van der Waals surface area contributed by atoms with Crippen LogP contribution in [0.4, 0.5) is 14.5 Å². The van der Waals surface area contributed by atoms with Crippen LogP contribution in [0.15, 0.2) is 46.0 Å². The van der Waals surface area contributed by atoms with E-state index in [9.17, 15) is 28.0 Å². The number of imidazole rings is 1. The van der Waals surface area contributed by atoms with Gasteiger partial charge in [-0.25, -0.2) is 13.8 Å². The van der Waals surface area contributed by atoms with Crippen molar-refractivity contribution in [2.24, 2.45) is 0 Å². The fourth-order valence-electron chi connectivity index (χ4n) is 3.06. The first-order valence-corrected chi connectivity index (χ1v) is 8.93. The third kappa shape index (κ3) is 3.90. The Hall–Kier alpha value is -4.35. The van der Waals surface area contributed by atoms with Crippen LogP contribution in [0.5, 0.6) is 0 Å². The Kier molecular flexibility index (Phi) is 5.03. The predicted octanol–water partition coefficient (Wildman–Crippen LogP) is 1.40. The van der Waals surface area contributed by atoms with E-state index < -0.39 is 41.7 Å². The van der Waals surface area contributed by atoms with Crippen LogP contribution < -0.4 is 21.8 Å². The zero-order valence-corrected chi connectivity index (χ0v) is 15.6. The van der Waals surface area contributed by atoms with E-state index in [0.717, 1.165) is 0 Å². The van der Waals surface area contributed by atoms with Crippen molar-refractivity contribution in [1.29, 1.82) is 0 Å². The largest absolute Gasteiger partial charge is 0.343 e. The normalized spacial score (nSPS) is 11.2. The van der Waals surface area contributed by atoms with Gasteiger partial charge in [-0.15, -0.1) is 0 Å². The van der Waals surface area contributed by atoms with Crippen molar-refractivity contribution >= 4 is 39.3 Å². The number of aromatic nitrogens is 4. The smallest absolute Gasteiger partial charge is 0.295 e. The fraction of sp³-hybridized carbons (Fsp3) is 0.105. The number of rotatable bonds is 5. The Bertz CT molecular complexity index is 1440. The van der Waals surface area contributed by atoms with E-state index in [2.05, 4.69) is 30.8 Å². The summed E-state index contributed by atoms with van der Waals surface area (Å²) in [6, 6.07) is 8.53. The van der Waals surface area contributed by atoms with Crippen LogP contribution in [-0.4, -0.2) is 38.5 Å². The Morgan fingerprint density at radius 2 is 1.84 bits per heavy atom. The van der Waals surface area contributed by atoms with E-state index in [0.29, 0.717) is 0 Å². The Balaban J connectivity index is 1.47. The van der Waals surface area contributed by atoms with Gasteiger partial charge in [0, 0.05) is 5.56 Å². The minimum absolute atomic E-state index is 0.00505. The highest BCUT2D eigenvalue weighted by atomic mass is 19.3. The van der Waals surface area contributed by atoms with E-state index in [4.69, 9.17) is 0 Å². The number of amides is 2. The summed E-state index contributed by atoms with van der Waals surface area (Å²) in [7, 11) is 0. The molecule has 31 heavy (non-hydrogen) atoms. The zero-order valence-electron chi connectivity index (χ0n) is 15.6. The molecule has 2 aromatic carbocycles. The van der Waals surface area contributed by atoms with Gasteiger partial charge in [-0.3, -0.25) is 29.4 Å². The minimum atomic E-state index is -2.77. The molecular formula is C19H14F2N6O4. The molecule has 2 aromatic heterocycles. The molecule has 5 N–H and O–H groups in total. The van der Waals surface area contributed by atoms with Crippen molar-refractivity contribution < 1.29 is 18.4 Å². The molecule has 4 rings (SSSR count). The van der Waals surface area contributed by atoms with Gasteiger partial charge in [-0.1, -0.05) is 6.07 Å². The fourth-order valence-corrected chi connectivity index (χ4v) is 3.06. The van der Waals surface area contributed by atoms with Gasteiger partial charge < -0.3 is 15.6 Å².